The van der Waals surface area contributed by atoms with Gasteiger partial charge in [0.1, 0.15) is 5.82 Å². The molecule has 1 nitrogen and oxygen atoms in total. The normalized spacial score (nSPS) is 12.7. The maximum absolute atomic E-state index is 13.1. The lowest BCUT2D eigenvalue weighted by Crippen LogP contribution is -2.01. The van der Waals surface area contributed by atoms with E-state index in [-0.39, 0.29) is 5.82 Å². The molecule has 0 saturated heterocycles. The zero-order valence-electron chi connectivity index (χ0n) is 8.66. The highest BCUT2D eigenvalue weighted by atomic mass is 127. The Balaban J connectivity index is 2.18. The molecule has 0 fully saturated rings. The zero-order chi connectivity index (χ0) is 12.4. The Morgan fingerprint density at radius 2 is 2.18 bits per heavy atom. The number of hydrogen-bond donors (Lipinski definition) is 1. The standard InChI is InChI=1S/C12H9BrFIOS/c13-10-2-1-9(14)3-7(10)4-11(16)8-5-12(15)17-6-8/h1-3,5-6,11,16H,4H2. The molecule has 2 aromatic rings. The molecule has 5 heteroatoms. The monoisotopic (exact) mass is 426 g/mol. The fourth-order valence-electron chi connectivity index (χ4n) is 1.52. The minimum atomic E-state index is -0.590. The first-order chi connectivity index (χ1) is 8.06. The number of benzene rings is 1. The van der Waals surface area contributed by atoms with Crippen molar-refractivity contribution in [3.63, 3.8) is 0 Å². The molecule has 0 aliphatic rings. The fraction of sp³-hybridized carbons (Fsp3) is 0.167. The number of aliphatic hydroxyl groups is 1. The second-order valence-electron chi connectivity index (χ2n) is 3.64. The topological polar surface area (TPSA) is 20.2 Å². The van der Waals surface area contributed by atoms with Crippen molar-refractivity contribution in [1.29, 1.82) is 0 Å². The van der Waals surface area contributed by atoms with Gasteiger partial charge < -0.3 is 5.11 Å². The Morgan fingerprint density at radius 3 is 2.82 bits per heavy atom. The van der Waals surface area contributed by atoms with Gasteiger partial charge in [0.25, 0.3) is 0 Å². The molecule has 17 heavy (non-hydrogen) atoms. The molecule has 0 amide bonds. The van der Waals surface area contributed by atoms with Crippen LogP contribution in [-0.4, -0.2) is 5.11 Å². The van der Waals surface area contributed by atoms with E-state index < -0.39 is 6.10 Å². The van der Waals surface area contributed by atoms with Crippen molar-refractivity contribution in [1.82, 2.24) is 0 Å². The summed E-state index contributed by atoms with van der Waals surface area (Å²) in [5.74, 6) is -0.282. The minimum Gasteiger partial charge on any atom is -0.388 e. The van der Waals surface area contributed by atoms with Crippen molar-refractivity contribution in [2.75, 3.05) is 0 Å². The van der Waals surface area contributed by atoms with E-state index in [1.807, 2.05) is 11.4 Å². The van der Waals surface area contributed by atoms with Crippen molar-refractivity contribution < 1.29 is 9.50 Å². The van der Waals surface area contributed by atoms with Gasteiger partial charge in [-0.2, -0.15) is 0 Å². The van der Waals surface area contributed by atoms with E-state index in [4.69, 9.17) is 0 Å². The summed E-state index contributed by atoms with van der Waals surface area (Å²) in [6, 6.07) is 6.45. The van der Waals surface area contributed by atoms with Gasteiger partial charge in [-0.15, -0.1) is 11.3 Å². The Bertz CT molecular complexity index is 529. The molecule has 1 unspecified atom stereocenters. The Hall–Kier alpha value is 0.0200. The van der Waals surface area contributed by atoms with Crippen LogP contribution in [0, 0.1) is 8.70 Å². The van der Waals surface area contributed by atoms with E-state index in [9.17, 15) is 9.50 Å². The predicted octanol–water partition coefficient (Wildman–Crippen LogP) is 4.53. The average Bonchev–Trinajstić information content (AvgIpc) is 2.70. The highest BCUT2D eigenvalue weighted by Crippen LogP contribution is 2.27. The van der Waals surface area contributed by atoms with Crippen LogP contribution in [0.4, 0.5) is 4.39 Å². The van der Waals surface area contributed by atoms with Crippen molar-refractivity contribution >= 4 is 49.9 Å². The van der Waals surface area contributed by atoms with E-state index in [2.05, 4.69) is 38.5 Å². The maximum Gasteiger partial charge on any atom is 0.123 e. The molecule has 1 heterocycles. The van der Waals surface area contributed by atoms with Gasteiger partial charge in [-0.3, -0.25) is 0 Å². The Labute approximate surface area is 125 Å². The first-order valence-corrected chi connectivity index (χ1v) is 7.67. The SMILES string of the molecule is OC(Cc1cc(F)ccc1Br)c1csc(I)c1. The van der Waals surface area contributed by atoms with Crippen LogP contribution in [0.1, 0.15) is 17.2 Å². The van der Waals surface area contributed by atoms with Gasteiger partial charge in [-0.1, -0.05) is 15.9 Å². The first kappa shape index (κ1) is 13.5. The predicted molar refractivity (Wildman–Crippen MR) is 79.8 cm³/mol. The highest BCUT2D eigenvalue weighted by molar-refractivity contribution is 14.1. The van der Waals surface area contributed by atoms with E-state index in [0.717, 1.165) is 18.5 Å². The molecule has 0 bridgehead atoms. The third-order valence-electron chi connectivity index (χ3n) is 2.39. The summed E-state index contributed by atoms with van der Waals surface area (Å²) in [6.45, 7) is 0. The molecule has 0 radical (unpaired) electrons. The smallest absolute Gasteiger partial charge is 0.123 e. The van der Waals surface area contributed by atoms with Gasteiger partial charge in [0.15, 0.2) is 0 Å². The molecule has 1 atom stereocenters. The summed E-state index contributed by atoms with van der Waals surface area (Å²) in [6.07, 6.45) is -0.182. The number of thiophene rings is 1. The summed E-state index contributed by atoms with van der Waals surface area (Å²) >= 11 is 7.17. The number of hydrogen-bond acceptors (Lipinski definition) is 2. The summed E-state index contributed by atoms with van der Waals surface area (Å²) in [5.41, 5.74) is 1.66. The molecule has 0 aliphatic carbocycles. The summed E-state index contributed by atoms with van der Waals surface area (Å²) in [5, 5.41) is 12.0. The zero-order valence-corrected chi connectivity index (χ0v) is 13.2. The van der Waals surface area contributed by atoms with Crippen LogP contribution in [-0.2, 0) is 6.42 Å². The van der Waals surface area contributed by atoms with Crippen molar-refractivity contribution in [3.8, 4) is 0 Å². The minimum absolute atomic E-state index is 0.282. The number of halogens is 3. The lowest BCUT2D eigenvalue weighted by atomic mass is 10.0. The van der Waals surface area contributed by atoms with Crippen LogP contribution in [0.15, 0.2) is 34.1 Å². The molecular formula is C12H9BrFIOS. The van der Waals surface area contributed by atoms with E-state index >= 15 is 0 Å². The third kappa shape index (κ3) is 3.49. The van der Waals surface area contributed by atoms with Crippen LogP contribution >= 0.6 is 49.9 Å². The molecule has 1 aromatic heterocycles. The van der Waals surface area contributed by atoms with E-state index in [1.165, 1.54) is 12.1 Å². The molecule has 1 N–H and O–H groups in total. The molecule has 0 saturated carbocycles. The van der Waals surface area contributed by atoms with Crippen molar-refractivity contribution in [2.45, 2.75) is 12.5 Å². The second kappa shape index (κ2) is 5.77. The van der Waals surface area contributed by atoms with Crippen LogP contribution in [0.5, 0.6) is 0 Å². The summed E-state index contributed by atoms with van der Waals surface area (Å²) in [4.78, 5) is 0. The Morgan fingerprint density at radius 1 is 1.41 bits per heavy atom. The lowest BCUT2D eigenvalue weighted by molar-refractivity contribution is 0.178. The van der Waals surface area contributed by atoms with Crippen molar-refractivity contribution in [3.05, 3.63) is 53.9 Å². The van der Waals surface area contributed by atoms with Gasteiger partial charge >= 0.3 is 0 Å². The second-order valence-corrected chi connectivity index (χ2v) is 7.30. The van der Waals surface area contributed by atoms with Gasteiger partial charge in [0.05, 0.1) is 8.99 Å². The van der Waals surface area contributed by atoms with Gasteiger partial charge in [0.2, 0.25) is 0 Å². The molecule has 1 aromatic carbocycles. The van der Waals surface area contributed by atoms with Crippen LogP contribution in [0.2, 0.25) is 0 Å². The third-order valence-corrected chi connectivity index (χ3v) is 4.97. The quantitative estimate of drug-likeness (QED) is 0.715. The highest BCUT2D eigenvalue weighted by Gasteiger charge is 2.12. The first-order valence-electron chi connectivity index (χ1n) is 4.92. The molecule has 0 aliphatic heterocycles. The largest absolute Gasteiger partial charge is 0.388 e. The summed E-state index contributed by atoms with van der Waals surface area (Å²) < 4.78 is 15.1. The molecule has 0 spiro atoms. The van der Waals surface area contributed by atoms with Gasteiger partial charge in [-0.05, 0) is 63.4 Å². The number of rotatable bonds is 3. The van der Waals surface area contributed by atoms with Crippen LogP contribution < -0.4 is 0 Å². The Kier molecular flexibility index (Phi) is 4.57. The molecule has 90 valence electrons. The fourth-order valence-corrected chi connectivity index (χ4v) is 3.35. The van der Waals surface area contributed by atoms with E-state index in [1.54, 1.807) is 17.4 Å². The van der Waals surface area contributed by atoms with Crippen LogP contribution in [0.25, 0.3) is 0 Å². The average molecular weight is 427 g/mol. The van der Waals surface area contributed by atoms with Gasteiger partial charge in [0, 0.05) is 10.9 Å². The molecular weight excluding hydrogens is 418 g/mol. The van der Waals surface area contributed by atoms with Crippen LogP contribution in [0.3, 0.4) is 0 Å². The lowest BCUT2D eigenvalue weighted by Gasteiger charge is -2.10. The van der Waals surface area contributed by atoms with Gasteiger partial charge in [-0.25, -0.2) is 4.39 Å². The summed E-state index contributed by atoms with van der Waals surface area (Å²) in [7, 11) is 0. The molecule has 2 rings (SSSR count). The number of aliphatic hydroxyl groups excluding tert-OH is 1. The maximum atomic E-state index is 13.1. The van der Waals surface area contributed by atoms with E-state index in [0.29, 0.717) is 6.42 Å². The van der Waals surface area contributed by atoms with Crippen molar-refractivity contribution in [2.24, 2.45) is 0 Å².